The topological polar surface area (TPSA) is 71.5 Å². The summed E-state index contributed by atoms with van der Waals surface area (Å²) in [5.74, 6) is 5.59. The first-order valence-corrected chi connectivity index (χ1v) is 7.14. The van der Waals surface area contributed by atoms with Gasteiger partial charge in [-0.15, -0.1) is 0 Å². The third-order valence-electron chi connectivity index (χ3n) is 3.70. The van der Waals surface area contributed by atoms with E-state index >= 15 is 0 Å². The van der Waals surface area contributed by atoms with Gasteiger partial charge < -0.3 is 15.2 Å². The number of nitrogens with zero attached hydrogens (tertiary/aromatic N) is 1. The summed E-state index contributed by atoms with van der Waals surface area (Å²) in [5, 5.41) is 11.8. The number of aliphatic hydroxyl groups is 1. The van der Waals surface area contributed by atoms with Crippen molar-refractivity contribution in [3.8, 4) is 11.8 Å². The molecule has 0 spiro atoms. The van der Waals surface area contributed by atoms with Gasteiger partial charge >= 0.3 is 0 Å². The molecular weight excluding hydrogens is 268 g/mol. The van der Waals surface area contributed by atoms with E-state index < -0.39 is 0 Å². The minimum atomic E-state index is -0.242. The van der Waals surface area contributed by atoms with Crippen molar-refractivity contribution in [2.45, 2.75) is 25.8 Å². The molecule has 1 aliphatic rings. The largest absolute Gasteiger partial charge is 0.384 e. The maximum absolute atomic E-state index is 12.4. The van der Waals surface area contributed by atoms with Crippen molar-refractivity contribution in [1.82, 2.24) is 10.3 Å². The number of ether oxygens (including phenoxy) is 1. The molecular formula is C16H20N2O3. The fourth-order valence-corrected chi connectivity index (χ4v) is 2.45. The molecule has 1 aliphatic heterocycles. The summed E-state index contributed by atoms with van der Waals surface area (Å²) >= 11 is 0. The van der Waals surface area contributed by atoms with Gasteiger partial charge in [0.25, 0.3) is 5.91 Å². The molecule has 112 valence electrons. The standard InChI is InChI=1S/C16H20N2O3/c1-12(13-5-9-21-10-6-13)18-16(20)15-4-7-17-11-14(15)3-2-8-19/h4,7,11-13,19H,5-6,8-10H2,1H3,(H,18,20). The van der Waals surface area contributed by atoms with Crippen LogP contribution in [0.4, 0.5) is 0 Å². The number of aromatic nitrogens is 1. The third kappa shape index (κ3) is 4.28. The number of amides is 1. The van der Waals surface area contributed by atoms with Gasteiger partial charge in [0, 0.05) is 31.6 Å². The van der Waals surface area contributed by atoms with Gasteiger partial charge in [0.05, 0.1) is 11.1 Å². The van der Waals surface area contributed by atoms with Crippen molar-refractivity contribution < 1.29 is 14.6 Å². The van der Waals surface area contributed by atoms with E-state index in [1.165, 1.54) is 6.20 Å². The summed E-state index contributed by atoms with van der Waals surface area (Å²) in [6.07, 6.45) is 5.04. The van der Waals surface area contributed by atoms with Gasteiger partial charge in [-0.3, -0.25) is 9.78 Å². The molecule has 1 aromatic heterocycles. The summed E-state index contributed by atoms with van der Waals surface area (Å²) < 4.78 is 5.34. The Bertz CT molecular complexity index is 542. The molecule has 1 amide bonds. The molecule has 2 rings (SSSR count). The first-order valence-electron chi connectivity index (χ1n) is 7.14. The molecule has 0 aliphatic carbocycles. The molecule has 1 atom stereocenters. The Labute approximate surface area is 124 Å². The fourth-order valence-electron chi connectivity index (χ4n) is 2.45. The molecule has 1 saturated heterocycles. The van der Waals surface area contributed by atoms with Crippen molar-refractivity contribution in [3.05, 3.63) is 29.6 Å². The quantitative estimate of drug-likeness (QED) is 0.813. The van der Waals surface area contributed by atoms with Crippen molar-refractivity contribution >= 4 is 5.91 Å². The summed E-state index contributed by atoms with van der Waals surface area (Å²) in [4.78, 5) is 16.4. The van der Waals surface area contributed by atoms with E-state index in [0.717, 1.165) is 26.1 Å². The number of nitrogens with one attached hydrogen (secondary N) is 1. The van der Waals surface area contributed by atoms with Crippen molar-refractivity contribution in [1.29, 1.82) is 0 Å². The minimum Gasteiger partial charge on any atom is -0.384 e. The third-order valence-corrected chi connectivity index (χ3v) is 3.70. The Morgan fingerprint density at radius 1 is 1.57 bits per heavy atom. The Morgan fingerprint density at radius 3 is 3.05 bits per heavy atom. The lowest BCUT2D eigenvalue weighted by atomic mass is 9.92. The highest BCUT2D eigenvalue weighted by molar-refractivity contribution is 5.96. The van der Waals surface area contributed by atoms with Crippen LogP contribution in [0.1, 0.15) is 35.7 Å². The van der Waals surface area contributed by atoms with Crippen LogP contribution in [-0.4, -0.2) is 41.9 Å². The van der Waals surface area contributed by atoms with E-state index in [1.54, 1.807) is 12.3 Å². The van der Waals surface area contributed by atoms with E-state index in [1.807, 2.05) is 6.92 Å². The lowest BCUT2D eigenvalue weighted by Gasteiger charge is -2.28. The first kappa shape index (κ1) is 15.5. The van der Waals surface area contributed by atoms with Gasteiger partial charge in [-0.25, -0.2) is 0 Å². The predicted molar refractivity (Wildman–Crippen MR) is 78.7 cm³/mol. The van der Waals surface area contributed by atoms with E-state index in [2.05, 4.69) is 22.1 Å². The smallest absolute Gasteiger partial charge is 0.252 e. The zero-order valence-electron chi connectivity index (χ0n) is 12.1. The summed E-state index contributed by atoms with van der Waals surface area (Å²) in [6.45, 7) is 3.29. The number of carbonyl (C=O) groups is 1. The fraction of sp³-hybridized carbons (Fsp3) is 0.500. The monoisotopic (exact) mass is 288 g/mol. The maximum Gasteiger partial charge on any atom is 0.252 e. The van der Waals surface area contributed by atoms with Gasteiger partial charge in [0.15, 0.2) is 0 Å². The Hall–Kier alpha value is -1.90. The predicted octanol–water partition coefficient (Wildman–Crippen LogP) is 0.970. The maximum atomic E-state index is 12.4. The highest BCUT2D eigenvalue weighted by Gasteiger charge is 2.22. The molecule has 1 aromatic rings. The van der Waals surface area contributed by atoms with E-state index in [9.17, 15) is 4.79 Å². The van der Waals surface area contributed by atoms with Crippen LogP contribution in [0, 0.1) is 17.8 Å². The van der Waals surface area contributed by atoms with Gasteiger partial charge in [0.2, 0.25) is 0 Å². The molecule has 2 N–H and O–H groups in total. The average Bonchev–Trinajstić information content (AvgIpc) is 2.54. The molecule has 0 aromatic carbocycles. The second kappa shape index (κ2) is 7.77. The van der Waals surface area contributed by atoms with Gasteiger partial charge in [-0.2, -0.15) is 0 Å². The number of rotatable bonds is 3. The van der Waals surface area contributed by atoms with Crippen LogP contribution in [0.2, 0.25) is 0 Å². The molecule has 2 heterocycles. The average molecular weight is 288 g/mol. The van der Waals surface area contributed by atoms with Crippen molar-refractivity contribution in [2.24, 2.45) is 5.92 Å². The Balaban J connectivity index is 2.05. The van der Waals surface area contributed by atoms with Crippen LogP contribution in [0.15, 0.2) is 18.5 Å². The second-order valence-electron chi connectivity index (χ2n) is 5.09. The summed E-state index contributed by atoms with van der Waals surface area (Å²) in [6, 6.07) is 1.74. The first-order chi connectivity index (χ1) is 10.2. The lowest BCUT2D eigenvalue weighted by Crippen LogP contribution is -2.40. The van der Waals surface area contributed by atoms with Crippen LogP contribution in [-0.2, 0) is 4.74 Å². The minimum absolute atomic E-state index is 0.0909. The Morgan fingerprint density at radius 2 is 2.33 bits per heavy atom. The SMILES string of the molecule is CC(NC(=O)c1ccncc1C#CCO)C1CCOCC1. The lowest BCUT2D eigenvalue weighted by molar-refractivity contribution is 0.0538. The molecule has 1 unspecified atom stereocenters. The van der Waals surface area contributed by atoms with Crippen LogP contribution in [0.25, 0.3) is 0 Å². The number of aliphatic hydroxyl groups excluding tert-OH is 1. The highest BCUT2D eigenvalue weighted by atomic mass is 16.5. The molecule has 21 heavy (non-hydrogen) atoms. The normalized spacial score (nSPS) is 16.7. The molecule has 0 radical (unpaired) electrons. The van der Waals surface area contributed by atoms with E-state index in [0.29, 0.717) is 17.0 Å². The highest BCUT2D eigenvalue weighted by Crippen LogP contribution is 2.19. The number of hydrogen-bond donors (Lipinski definition) is 2. The zero-order chi connectivity index (χ0) is 15.1. The van der Waals surface area contributed by atoms with Crippen molar-refractivity contribution in [3.63, 3.8) is 0 Å². The zero-order valence-corrected chi connectivity index (χ0v) is 12.1. The number of carbonyl (C=O) groups excluding carboxylic acids is 1. The molecule has 1 fully saturated rings. The molecule has 0 saturated carbocycles. The van der Waals surface area contributed by atoms with Crippen LogP contribution >= 0.6 is 0 Å². The van der Waals surface area contributed by atoms with Crippen LogP contribution < -0.4 is 5.32 Å². The summed E-state index contributed by atoms with van der Waals surface area (Å²) in [7, 11) is 0. The Kier molecular flexibility index (Phi) is 5.73. The van der Waals surface area contributed by atoms with Gasteiger partial charge in [-0.05, 0) is 31.7 Å². The summed E-state index contributed by atoms with van der Waals surface area (Å²) in [5.41, 5.74) is 1.02. The molecule has 5 nitrogen and oxygen atoms in total. The van der Waals surface area contributed by atoms with Gasteiger partial charge in [0.1, 0.15) is 6.61 Å². The van der Waals surface area contributed by atoms with Crippen LogP contribution in [0.3, 0.4) is 0 Å². The number of pyridine rings is 1. The van der Waals surface area contributed by atoms with Crippen molar-refractivity contribution in [2.75, 3.05) is 19.8 Å². The van der Waals surface area contributed by atoms with E-state index in [-0.39, 0.29) is 18.6 Å². The van der Waals surface area contributed by atoms with E-state index in [4.69, 9.17) is 9.84 Å². The number of hydrogen-bond acceptors (Lipinski definition) is 4. The molecule has 5 heteroatoms. The van der Waals surface area contributed by atoms with Gasteiger partial charge in [-0.1, -0.05) is 11.8 Å². The molecule has 0 bridgehead atoms. The second-order valence-corrected chi connectivity index (χ2v) is 5.09. The van der Waals surface area contributed by atoms with Crippen LogP contribution in [0.5, 0.6) is 0 Å².